The lowest BCUT2D eigenvalue weighted by Crippen LogP contribution is -2.41. The summed E-state index contributed by atoms with van der Waals surface area (Å²) in [5.41, 5.74) is 3.78. The Kier molecular flexibility index (Phi) is 10.3. The van der Waals surface area contributed by atoms with Crippen LogP contribution in [-0.2, 0) is 20.7 Å². The highest BCUT2D eigenvalue weighted by atomic mass is 16.5. The summed E-state index contributed by atoms with van der Waals surface area (Å²) in [4.78, 5) is 20.2. The monoisotopic (exact) mass is 535 g/mol. The number of ether oxygens (including phenoxy) is 2. The van der Waals surface area contributed by atoms with Gasteiger partial charge in [0, 0.05) is 49.3 Å². The molecule has 1 saturated heterocycles. The van der Waals surface area contributed by atoms with Gasteiger partial charge >= 0.3 is 5.97 Å². The average molecular weight is 536 g/mol. The number of aliphatic carboxylic acids is 1. The highest BCUT2D eigenvalue weighted by Crippen LogP contribution is 2.31. The molecule has 39 heavy (non-hydrogen) atoms. The number of hydrogen-bond acceptors (Lipinski definition) is 8. The van der Waals surface area contributed by atoms with Crippen LogP contribution in [0.25, 0.3) is 11.3 Å². The first-order valence-corrected chi connectivity index (χ1v) is 14.1. The molecule has 0 bridgehead atoms. The number of pyridine rings is 2. The third-order valence-corrected chi connectivity index (χ3v) is 7.94. The van der Waals surface area contributed by atoms with E-state index in [-0.39, 0.29) is 12.6 Å². The Morgan fingerprint density at radius 3 is 2.77 bits per heavy atom. The molecule has 2 aromatic rings. The van der Waals surface area contributed by atoms with Crippen molar-refractivity contribution in [1.82, 2.24) is 15.3 Å². The van der Waals surface area contributed by atoms with E-state index in [1.165, 1.54) is 0 Å². The molecule has 9 heteroatoms. The van der Waals surface area contributed by atoms with Gasteiger partial charge in [-0.1, -0.05) is 6.07 Å². The lowest BCUT2D eigenvalue weighted by molar-refractivity contribution is -0.142. The second-order valence-electron chi connectivity index (χ2n) is 11.2. The predicted octanol–water partition coefficient (Wildman–Crippen LogP) is 4.36. The quantitative estimate of drug-likeness (QED) is 0.363. The molecule has 0 radical (unpaired) electrons. The smallest absolute Gasteiger partial charge is 0.329 e. The summed E-state index contributed by atoms with van der Waals surface area (Å²) in [6.07, 6.45) is 8.83. The predicted molar refractivity (Wildman–Crippen MR) is 149 cm³/mol. The molecule has 3 heterocycles. The van der Waals surface area contributed by atoms with Gasteiger partial charge in [0.05, 0.1) is 23.8 Å². The zero-order valence-electron chi connectivity index (χ0n) is 23.1. The largest absolute Gasteiger partial charge is 0.480 e. The molecule has 2 aliphatic rings. The zero-order valence-corrected chi connectivity index (χ0v) is 23.1. The Bertz CT molecular complexity index is 1140. The highest BCUT2D eigenvalue weighted by molar-refractivity contribution is 5.68. The van der Waals surface area contributed by atoms with Crippen molar-refractivity contribution in [2.24, 2.45) is 11.3 Å². The minimum atomic E-state index is -0.935. The van der Waals surface area contributed by atoms with E-state index in [4.69, 9.17) is 24.5 Å². The maximum absolute atomic E-state index is 10.6. The van der Waals surface area contributed by atoms with E-state index in [1.807, 2.05) is 31.3 Å². The number of aromatic nitrogens is 2. The van der Waals surface area contributed by atoms with Crippen LogP contribution in [0.1, 0.15) is 56.7 Å². The van der Waals surface area contributed by atoms with Crippen molar-refractivity contribution in [2.75, 3.05) is 38.3 Å². The number of nitrogens with one attached hydrogen (secondary N) is 2. The molecule has 210 valence electrons. The van der Waals surface area contributed by atoms with Gasteiger partial charge in [-0.05, 0) is 88.5 Å². The van der Waals surface area contributed by atoms with Crippen LogP contribution >= 0.6 is 0 Å². The SMILES string of the molecule is Cc1cnc(CC2CCC(N[C@@H](C)COCC(=O)O)CC2)cc1-c1cccc(NCC2(C#N)CCOCC2)n1. The minimum absolute atomic E-state index is 0.132. The van der Waals surface area contributed by atoms with Gasteiger partial charge in [0.2, 0.25) is 0 Å². The number of aryl methyl sites for hydroxylation is 1. The lowest BCUT2D eigenvalue weighted by Gasteiger charge is -2.31. The van der Waals surface area contributed by atoms with E-state index in [1.54, 1.807) is 0 Å². The molecule has 1 saturated carbocycles. The van der Waals surface area contributed by atoms with Gasteiger partial charge in [0.15, 0.2) is 0 Å². The zero-order chi connectivity index (χ0) is 27.7. The van der Waals surface area contributed by atoms with Crippen molar-refractivity contribution in [2.45, 2.75) is 70.9 Å². The number of carboxylic acid groups (broad SMARTS) is 1. The first kappa shape index (κ1) is 28.9. The van der Waals surface area contributed by atoms with E-state index in [2.05, 4.69) is 29.7 Å². The first-order chi connectivity index (χ1) is 18.9. The number of nitrogens with zero attached hydrogens (tertiary/aromatic N) is 3. The maximum Gasteiger partial charge on any atom is 0.329 e. The Balaban J connectivity index is 1.31. The van der Waals surface area contributed by atoms with Crippen molar-refractivity contribution in [3.63, 3.8) is 0 Å². The van der Waals surface area contributed by atoms with E-state index in [9.17, 15) is 10.1 Å². The van der Waals surface area contributed by atoms with Crippen LogP contribution in [0.15, 0.2) is 30.5 Å². The number of hydrogen-bond donors (Lipinski definition) is 3. The highest BCUT2D eigenvalue weighted by Gasteiger charge is 2.32. The fraction of sp³-hybridized carbons (Fsp3) is 0.600. The molecule has 4 rings (SSSR count). The molecule has 0 aromatic carbocycles. The fourth-order valence-electron chi connectivity index (χ4n) is 5.59. The summed E-state index contributed by atoms with van der Waals surface area (Å²) in [6.45, 7) is 6.08. The van der Waals surface area contributed by atoms with Crippen molar-refractivity contribution in [1.29, 1.82) is 5.26 Å². The van der Waals surface area contributed by atoms with Crippen molar-refractivity contribution >= 4 is 11.8 Å². The molecule has 0 spiro atoms. The Hall–Kier alpha value is -3.06. The fourth-order valence-corrected chi connectivity index (χ4v) is 5.59. The molecule has 1 aliphatic carbocycles. The molecule has 9 nitrogen and oxygen atoms in total. The molecule has 0 amide bonds. The molecule has 2 aromatic heterocycles. The first-order valence-electron chi connectivity index (χ1n) is 14.1. The van der Waals surface area contributed by atoms with E-state index in [0.717, 1.165) is 73.3 Å². The van der Waals surface area contributed by atoms with Gasteiger partial charge in [-0.2, -0.15) is 5.26 Å². The topological polar surface area (TPSA) is 129 Å². The summed E-state index contributed by atoms with van der Waals surface area (Å²) in [5, 5.41) is 25.5. The van der Waals surface area contributed by atoms with E-state index >= 15 is 0 Å². The molecule has 2 fully saturated rings. The average Bonchev–Trinajstić information content (AvgIpc) is 2.94. The van der Waals surface area contributed by atoms with Crippen LogP contribution in [0.2, 0.25) is 0 Å². The maximum atomic E-state index is 10.6. The Labute approximate surface area is 231 Å². The van der Waals surface area contributed by atoms with Crippen LogP contribution < -0.4 is 10.6 Å². The molecule has 0 unspecified atom stereocenters. The number of anilines is 1. The second-order valence-corrected chi connectivity index (χ2v) is 11.2. The summed E-state index contributed by atoms with van der Waals surface area (Å²) in [6, 6.07) is 11.3. The Morgan fingerprint density at radius 2 is 2.05 bits per heavy atom. The number of carbonyl (C=O) groups is 1. The van der Waals surface area contributed by atoms with Crippen LogP contribution in [0.4, 0.5) is 5.82 Å². The third-order valence-electron chi connectivity index (χ3n) is 7.94. The minimum Gasteiger partial charge on any atom is -0.480 e. The van der Waals surface area contributed by atoms with Crippen LogP contribution in [0.5, 0.6) is 0 Å². The van der Waals surface area contributed by atoms with Gasteiger partial charge < -0.3 is 25.2 Å². The van der Waals surface area contributed by atoms with Crippen molar-refractivity contribution < 1.29 is 19.4 Å². The van der Waals surface area contributed by atoms with Gasteiger partial charge in [0.1, 0.15) is 12.4 Å². The number of rotatable bonds is 12. The molecular formula is C30H41N5O4. The van der Waals surface area contributed by atoms with Crippen molar-refractivity contribution in [3.8, 4) is 17.3 Å². The van der Waals surface area contributed by atoms with Crippen molar-refractivity contribution in [3.05, 3.63) is 41.7 Å². The number of carboxylic acids is 1. The van der Waals surface area contributed by atoms with Gasteiger partial charge in [-0.3, -0.25) is 4.98 Å². The van der Waals surface area contributed by atoms with Crippen LogP contribution in [0, 0.1) is 29.6 Å². The summed E-state index contributed by atoms with van der Waals surface area (Å²) in [5.74, 6) is 0.432. The molecule has 3 N–H and O–H groups in total. The third kappa shape index (κ3) is 8.46. The van der Waals surface area contributed by atoms with E-state index in [0.29, 0.717) is 38.3 Å². The van der Waals surface area contributed by atoms with Crippen LogP contribution in [-0.4, -0.2) is 66.1 Å². The second kappa shape index (κ2) is 13.8. The normalized spacial score (nSPS) is 21.6. The lowest BCUT2D eigenvalue weighted by atomic mass is 9.82. The van der Waals surface area contributed by atoms with Gasteiger partial charge in [0.25, 0.3) is 0 Å². The van der Waals surface area contributed by atoms with Gasteiger partial charge in [-0.15, -0.1) is 0 Å². The standard InChI is InChI=1S/C30H41N5O4/c1-21-16-32-25(14-23-6-8-24(9-7-23)34-22(2)17-39-18-29(36)37)15-26(21)27-4-3-5-28(35-27)33-20-30(19-31)10-12-38-13-11-30/h3-5,15-16,22-24,34H,6-14,17-18,20H2,1-2H3,(H,33,35)(H,36,37)/t22-,23?,24?/m0/s1. The number of nitriles is 1. The molecule has 1 aliphatic heterocycles. The summed E-state index contributed by atoms with van der Waals surface area (Å²) < 4.78 is 10.7. The molecular weight excluding hydrogens is 494 g/mol. The van der Waals surface area contributed by atoms with E-state index < -0.39 is 11.4 Å². The molecule has 1 atom stereocenters. The summed E-state index contributed by atoms with van der Waals surface area (Å²) >= 11 is 0. The van der Waals surface area contributed by atoms with Crippen LogP contribution in [0.3, 0.4) is 0 Å². The Morgan fingerprint density at radius 1 is 1.28 bits per heavy atom. The van der Waals surface area contributed by atoms with Gasteiger partial charge in [-0.25, -0.2) is 9.78 Å². The summed E-state index contributed by atoms with van der Waals surface area (Å²) in [7, 11) is 0.